The van der Waals surface area contributed by atoms with Crippen molar-refractivity contribution in [3.8, 4) is 5.75 Å². The monoisotopic (exact) mass is 376 g/mol. The van der Waals surface area contributed by atoms with E-state index in [-0.39, 0.29) is 17.5 Å². The van der Waals surface area contributed by atoms with Gasteiger partial charge in [-0.05, 0) is 36.4 Å². The van der Waals surface area contributed by atoms with E-state index in [9.17, 15) is 17.6 Å². The smallest absolute Gasteiger partial charge is 0.329 e. The van der Waals surface area contributed by atoms with Crippen molar-refractivity contribution in [2.75, 3.05) is 28.4 Å². The number of fused-ring (bicyclic) bond motifs is 1. The van der Waals surface area contributed by atoms with E-state index in [1.165, 1.54) is 41.2 Å². The molecule has 4 rings (SSSR count). The van der Waals surface area contributed by atoms with E-state index in [4.69, 9.17) is 4.74 Å². The Bertz CT molecular complexity index is 961. The average molecular weight is 376 g/mol. The molecular formula is C18H17FN2O4S. The van der Waals surface area contributed by atoms with Gasteiger partial charge < -0.3 is 4.74 Å². The van der Waals surface area contributed by atoms with Crippen LogP contribution in [0.25, 0.3) is 0 Å². The van der Waals surface area contributed by atoms with Crippen molar-refractivity contribution in [2.24, 2.45) is 0 Å². The standard InChI is InChI=1S/C18H17FN2O4S/c1-25-17-5-3-2-4-14(17)21-16-11-26(23,24)10-15(16)20(18(21)22)13-8-6-12(19)7-9-13/h2-9,15-16H,10-11H2,1H3/t15-,16+/m1/s1. The van der Waals surface area contributed by atoms with Gasteiger partial charge in [0.15, 0.2) is 9.84 Å². The number of ether oxygens (including phenoxy) is 1. The first kappa shape index (κ1) is 16.8. The molecule has 0 aliphatic carbocycles. The van der Waals surface area contributed by atoms with Gasteiger partial charge >= 0.3 is 6.03 Å². The number of carbonyl (C=O) groups is 1. The Balaban J connectivity index is 1.83. The summed E-state index contributed by atoms with van der Waals surface area (Å²) < 4.78 is 43.1. The molecule has 0 bridgehead atoms. The number of methoxy groups -OCH3 is 1. The summed E-state index contributed by atoms with van der Waals surface area (Å²) in [6.07, 6.45) is 0. The van der Waals surface area contributed by atoms with E-state index in [1.807, 2.05) is 0 Å². The van der Waals surface area contributed by atoms with Gasteiger partial charge in [0.2, 0.25) is 0 Å². The van der Waals surface area contributed by atoms with Crippen molar-refractivity contribution in [1.82, 2.24) is 0 Å². The van der Waals surface area contributed by atoms with Crippen LogP contribution in [0.4, 0.5) is 20.6 Å². The highest BCUT2D eigenvalue weighted by atomic mass is 32.2. The van der Waals surface area contributed by atoms with E-state index in [0.29, 0.717) is 17.1 Å². The summed E-state index contributed by atoms with van der Waals surface area (Å²) in [7, 11) is -1.79. The number of amides is 2. The van der Waals surface area contributed by atoms with Crippen LogP contribution in [0.2, 0.25) is 0 Å². The van der Waals surface area contributed by atoms with Crippen LogP contribution < -0.4 is 14.5 Å². The normalized spacial score (nSPS) is 24.0. The molecule has 136 valence electrons. The number of para-hydroxylation sites is 2. The van der Waals surface area contributed by atoms with Gasteiger partial charge in [-0.25, -0.2) is 17.6 Å². The fourth-order valence-electron chi connectivity index (χ4n) is 3.72. The second-order valence-electron chi connectivity index (χ2n) is 6.38. The van der Waals surface area contributed by atoms with E-state index >= 15 is 0 Å². The van der Waals surface area contributed by atoms with E-state index in [2.05, 4.69) is 0 Å². The lowest BCUT2D eigenvalue weighted by Crippen LogP contribution is -2.38. The molecule has 2 aliphatic rings. The predicted molar refractivity (Wildman–Crippen MR) is 96.0 cm³/mol. The molecule has 6 nitrogen and oxygen atoms in total. The van der Waals surface area contributed by atoms with Gasteiger partial charge in [0.1, 0.15) is 11.6 Å². The van der Waals surface area contributed by atoms with Crippen LogP contribution in [0.1, 0.15) is 0 Å². The van der Waals surface area contributed by atoms with Crippen LogP contribution in [0, 0.1) is 5.82 Å². The molecule has 0 spiro atoms. The van der Waals surface area contributed by atoms with Crippen LogP contribution in [0.3, 0.4) is 0 Å². The van der Waals surface area contributed by atoms with Crippen LogP contribution >= 0.6 is 0 Å². The molecule has 2 amide bonds. The van der Waals surface area contributed by atoms with Crippen molar-refractivity contribution in [3.05, 3.63) is 54.3 Å². The summed E-state index contributed by atoms with van der Waals surface area (Å²) >= 11 is 0. The molecule has 0 saturated carbocycles. The quantitative estimate of drug-likeness (QED) is 0.772. The molecule has 0 unspecified atom stereocenters. The summed E-state index contributed by atoms with van der Waals surface area (Å²) in [5, 5.41) is 0. The first-order valence-corrected chi connectivity index (χ1v) is 9.95. The zero-order valence-corrected chi connectivity index (χ0v) is 14.8. The topological polar surface area (TPSA) is 66.9 Å². The van der Waals surface area contributed by atoms with E-state index in [0.717, 1.165) is 0 Å². The first-order valence-electron chi connectivity index (χ1n) is 8.13. The highest BCUT2D eigenvalue weighted by Gasteiger charge is 2.54. The Morgan fingerprint density at radius 2 is 1.62 bits per heavy atom. The molecule has 0 aromatic heterocycles. The number of carbonyl (C=O) groups excluding carboxylic acids is 1. The van der Waals surface area contributed by atoms with Crippen LogP contribution in [0.5, 0.6) is 5.75 Å². The molecule has 0 radical (unpaired) electrons. The number of rotatable bonds is 3. The maximum atomic E-state index is 13.3. The average Bonchev–Trinajstić information content (AvgIpc) is 3.04. The minimum absolute atomic E-state index is 0.112. The third-order valence-corrected chi connectivity index (χ3v) is 6.52. The van der Waals surface area contributed by atoms with Crippen molar-refractivity contribution in [2.45, 2.75) is 12.1 Å². The second kappa shape index (κ2) is 5.98. The number of halogens is 1. The number of nitrogens with zero attached hydrogens (tertiary/aromatic N) is 2. The summed E-state index contributed by atoms with van der Waals surface area (Å²) in [4.78, 5) is 16.1. The van der Waals surface area contributed by atoms with Gasteiger partial charge in [0, 0.05) is 5.69 Å². The Morgan fingerprint density at radius 3 is 2.27 bits per heavy atom. The Kier molecular flexibility index (Phi) is 3.87. The number of urea groups is 1. The SMILES string of the molecule is COc1ccccc1N1C(=O)N(c2ccc(F)cc2)[C@@H]2CS(=O)(=O)C[C@@H]21. The molecule has 0 N–H and O–H groups in total. The Morgan fingerprint density at radius 1 is 1.00 bits per heavy atom. The minimum Gasteiger partial charge on any atom is -0.495 e. The van der Waals surface area contributed by atoms with Gasteiger partial charge in [-0.1, -0.05) is 12.1 Å². The first-order chi connectivity index (χ1) is 12.4. The summed E-state index contributed by atoms with van der Waals surface area (Å²) in [5.41, 5.74) is 0.998. The van der Waals surface area contributed by atoms with Crippen LogP contribution in [-0.2, 0) is 9.84 Å². The maximum Gasteiger partial charge on any atom is 0.329 e. The largest absolute Gasteiger partial charge is 0.495 e. The van der Waals surface area contributed by atoms with Crippen molar-refractivity contribution in [3.63, 3.8) is 0 Å². The number of hydrogen-bond donors (Lipinski definition) is 0. The lowest BCUT2D eigenvalue weighted by atomic mass is 10.1. The van der Waals surface area contributed by atoms with Gasteiger partial charge in [0.25, 0.3) is 0 Å². The van der Waals surface area contributed by atoms with Crippen molar-refractivity contribution >= 4 is 27.2 Å². The zero-order valence-electron chi connectivity index (χ0n) is 14.0. The molecule has 2 saturated heterocycles. The molecule has 8 heteroatoms. The summed E-state index contributed by atoms with van der Waals surface area (Å²) in [6.45, 7) is 0. The highest BCUT2D eigenvalue weighted by Crippen LogP contribution is 2.40. The fourth-order valence-corrected chi connectivity index (χ4v) is 5.64. The maximum absolute atomic E-state index is 13.3. The molecule has 2 aliphatic heterocycles. The molecule has 2 heterocycles. The molecule has 26 heavy (non-hydrogen) atoms. The molecule has 2 atom stereocenters. The van der Waals surface area contributed by atoms with Crippen molar-refractivity contribution < 1.29 is 22.3 Å². The van der Waals surface area contributed by atoms with E-state index in [1.54, 1.807) is 24.3 Å². The fraction of sp³-hybridized carbons (Fsp3) is 0.278. The molecule has 2 aromatic rings. The van der Waals surface area contributed by atoms with Gasteiger partial charge in [-0.3, -0.25) is 9.80 Å². The van der Waals surface area contributed by atoms with Crippen LogP contribution in [0.15, 0.2) is 48.5 Å². The van der Waals surface area contributed by atoms with Crippen molar-refractivity contribution in [1.29, 1.82) is 0 Å². The number of anilines is 2. The third-order valence-electron chi connectivity index (χ3n) is 4.82. The molecular weight excluding hydrogens is 359 g/mol. The lowest BCUT2D eigenvalue weighted by molar-refractivity contribution is 0.255. The second-order valence-corrected chi connectivity index (χ2v) is 8.54. The molecule has 2 fully saturated rings. The van der Waals surface area contributed by atoms with Crippen LogP contribution in [-0.4, -0.2) is 45.1 Å². The number of sulfone groups is 1. The summed E-state index contributed by atoms with van der Waals surface area (Å²) in [5.74, 6) is -0.159. The van der Waals surface area contributed by atoms with Gasteiger partial charge in [-0.15, -0.1) is 0 Å². The molecule has 2 aromatic carbocycles. The Hall–Kier alpha value is -2.61. The number of hydrogen-bond acceptors (Lipinski definition) is 4. The van der Waals surface area contributed by atoms with E-state index < -0.39 is 27.7 Å². The third kappa shape index (κ3) is 2.61. The number of benzene rings is 2. The Labute approximate surface area is 150 Å². The summed E-state index contributed by atoms with van der Waals surface area (Å²) in [6, 6.07) is 11.1. The highest BCUT2D eigenvalue weighted by molar-refractivity contribution is 7.91. The zero-order chi connectivity index (χ0) is 18.5. The van der Waals surface area contributed by atoms with Gasteiger partial charge in [0.05, 0.1) is 36.4 Å². The minimum atomic E-state index is -3.29. The predicted octanol–water partition coefficient (Wildman–Crippen LogP) is 2.45. The lowest BCUT2D eigenvalue weighted by Gasteiger charge is -2.24. The van der Waals surface area contributed by atoms with Gasteiger partial charge in [-0.2, -0.15) is 0 Å².